The lowest BCUT2D eigenvalue weighted by molar-refractivity contribution is 0.566. The van der Waals surface area contributed by atoms with Crippen LogP contribution >= 0.6 is 11.6 Å². The van der Waals surface area contributed by atoms with E-state index in [0.717, 1.165) is 4.57 Å². The first-order chi connectivity index (χ1) is 9.49. The van der Waals surface area contributed by atoms with Gasteiger partial charge in [-0.25, -0.2) is 18.7 Å². The molecule has 7 heteroatoms. The van der Waals surface area contributed by atoms with E-state index in [2.05, 4.69) is 9.97 Å². The van der Waals surface area contributed by atoms with E-state index < -0.39 is 11.6 Å². The van der Waals surface area contributed by atoms with Gasteiger partial charge in [-0.05, 0) is 24.6 Å². The molecule has 0 atom stereocenters. The third kappa shape index (κ3) is 1.80. The highest BCUT2D eigenvalue weighted by Gasteiger charge is 2.20. The summed E-state index contributed by atoms with van der Waals surface area (Å²) in [6.07, 6.45) is 1.37. The maximum Gasteiger partial charge on any atom is 0.207 e. The minimum Gasteiger partial charge on any atom is -0.369 e. The summed E-state index contributed by atoms with van der Waals surface area (Å²) in [5.41, 5.74) is 6.39. The number of imidazole rings is 1. The van der Waals surface area contributed by atoms with Gasteiger partial charge in [-0.2, -0.15) is 0 Å². The molecular formula is C13H9ClF2N4. The number of pyridine rings is 1. The number of nitrogens with zero attached hydrogens (tertiary/aromatic N) is 3. The highest BCUT2D eigenvalue weighted by Crippen LogP contribution is 2.28. The first kappa shape index (κ1) is 12.8. The Morgan fingerprint density at radius 1 is 1.30 bits per heavy atom. The third-order valence-electron chi connectivity index (χ3n) is 2.97. The molecule has 0 unspecified atom stereocenters. The fourth-order valence-corrected chi connectivity index (χ4v) is 2.18. The van der Waals surface area contributed by atoms with Crippen molar-refractivity contribution in [1.82, 2.24) is 14.5 Å². The molecule has 0 aliphatic rings. The summed E-state index contributed by atoms with van der Waals surface area (Å²) in [7, 11) is 0. The molecule has 102 valence electrons. The normalized spacial score (nSPS) is 11.2. The number of benzene rings is 1. The molecule has 0 spiro atoms. The number of halogens is 3. The summed E-state index contributed by atoms with van der Waals surface area (Å²) in [6.45, 7) is 1.54. The maximum absolute atomic E-state index is 14.2. The number of hydrogen-bond donors (Lipinski definition) is 1. The predicted molar refractivity (Wildman–Crippen MR) is 72.9 cm³/mol. The van der Waals surface area contributed by atoms with Gasteiger partial charge in [0.25, 0.3) is 0 Å². The molecule has 0 fully saturated rings. The monoisotopic (exact) mass is 294 g/mol. The van der Waals surface area contributed by atoms with E-state index in [4.69, 9.17) is 17.3 Å². The number of aromatic nitrogens is 3. The molecule has 0 aliphatic carbocycles. The van der Waals surface area contributed by atoms with Crippen molar-refractivity contribution in [2.24, 2.45) is 0 Å². The van der Waals surface area contributed by atoms with Crippen molar-refractivity contribution in [3.05, 3.63) is 46.6 Å². The fraction of sp³-hybridized carbons (Fsp3) is 0.0769. The number of fused-ring (bicyclic) bond motifs is 1. The van der Waals surface area contributed by atoms with Crippen LogP contribution in [0.1, 0.15) is 5.56 Å². The molecule has 1 aromatic carbocycles. The number of nitrogen functional groups attached to an aromatic ring is 1. The average Bonchev–Trinajstić information content (AvgIpc) is 2.70. The number of anilines is 1. The van der Waals surface area contributed by atoms with Crippen LogP contribution in [0.2, 0.25) is 5.02 Å². The van der Waals surface area contributed by atoms with E-state index in [-0.39, 0.29) is 17.3 Å². The molecule has 2 heterocycles. The Labute approximate surface area is 117 Å². The second-order valence-corrected chi connectivity index (χ2v) is 4.76. The summed E-state index contributed by atoms with van der Waals surface area (Å²) in [5, 5.41) is 0.368. The average molecular weight is 295 g/mol. The largest absolute Gasteiger partial charge is 0.369 e. The molecule has 2 aromatic heterocycles. The highest BCUT2D eigenvalue weighted by molar-refractivity contribution is 6.31. The van der Waals surface area contributed by atoms with E-state index in [1.807, 2.05) is 0 Å². The van der Waals surface area contributed by atoms with Gasteiger partial charge in [0.05, 0.1) is 5.02 Å². The van der Waals surface area contributed by atoms with Gasteiger partial charge in [0.1, 0.15) is 17.0 Å². The Bertz CT molecular complexity index is 829. The minimum atomic E-state index is -0.740. The van der Waals surface area contributed by atoms with Crippen molar-refractivity contribution in [2.75, 3.05) is 5.73 Å². The zero-order chi connectivity index (χ0) is 14.4. The number of hydrogen-bond acceptors (Lipinski definition) is 3. The van der Waals surface area contributed by atoms with Crippen molar-refractivity contribution in [2.45, 2.75) is 6.92 Å². The molecule has 0 bridgehead atoms. The van der Waals surface area contributed by atoms with Crippen LogP contribution in [0.5, 0.6) is 0 Å². The zero-order valence-electron chi connectivity index (χ0n) is 10.4. The molecular weight excluding hydrogens is 286 g/mol. The van der Waals surface area contributed by atoms with Crippen LogP contribution in [-0.4, -0.2) is 14.5 Å². The van der Waals surface area contributed by atoms with Crippen LogP contribution in [0, 0.1) is 18.6 Å². The van der Waals surface area contributed by atoms with Crippen molar-refractivity contribution in [1.29, 1.82) is 0 Å². The first-order valence-electron chi connectivity index (χ1n) is 5.73. The summed E-state index contributed by atoms with van der Waals surface area (Å²) in [6, 6.07) is 4.06. The molecule has 20 heavy (non-hydrogen) atoms. The lowest BCUT2D eigenvalue weighted by Gasteiger charge is -2.10. The van der Waals surface area contributed by atoms with Crippen LogP contribution in [0.25, 0.3) is 16.9 Å². The Morgan fingerprint density at radius 3 is 2.80 bits per heavy atom. The van der Waals surface area contributed by atoms with Gasteiger partial charge in [-0.3, -0.25) is 4.57 Å². The Hall–Kier alpha value is -2.21. The molecule has 0 saturated heterocycles. The van der Waals surface area contributed by atoms with Gasteiger partial charge < -0.3 is 5.73 Å². The van der Waals surface area contributed by atoms with Crippen molar-refractivity contribution in [3.63, 3.8) is 0 Å². The molecule has 3 aromatic rings. The number of aryl methyl sites for hydroxylation is 1. The SMILES string of the molecule is Cc1ccc(F)c(-n2c(N)nc3cc(Cl)cnc32)c1F. The Kier molecular flexibility index (Phi) is 2.83. The zero-order valence-corrected chi connectivity index (χ0v) is 11.1. The van der Waals surface area contributed by atoms with Crippen molar-refractivity contribution < 1.29 is 8.78 Å². The predicted octanol–water partition coefficient (Wildman–Crippen LogP) is 3.24. The van der Waals surface area contributed by atoms with Gasteiger partial charge in [0.15, 0.2) is 11.5 Å². The van der Waals surface area contributed by atoms with Crippen molar-refractivity contribution in [3.8, 4) is 5.69 Å². The molecule has 0 aliphatic heterocycles. The van der Waals surface area contributed by atoms with Gasteiger partial charge in [-0.1, -0.05) is 17.7 Å². The van der Waals surface area contributed by atoms with E-state index in [1.165, 1.54) is 31.3 Å². The molecule has 2 N–H and O–H groups in total. The Morgan fingerprint density at radius 2 is 2.05 bits per heavy atom. The second-order valence-electron chi connectivity index (χ2n) is 4.33. The summed E-state index contributed by atoms with van der Waals surface area (Å²) < 4.78 is 29.3. The topological polar surface area (TPSA) is 56.7 Å². The Balaban J connectivity index is 2.41. The van der Waals surface area contributed by atoms with Crippen LogP contribution < -0.4 is 5.73 Å². The minimum absolute atomic E-state index is 0.0573. The van der Waals surface area contributed by atoms with E-state index in [9.17, 15) is 8.78 Å². The molecule has 3 rings (SSSR count). The number of nitrogens with two attached hydrogens (primary N) is 1. The van der Waals surface area contributed by atoms with Crippen molar-refractivity contribution >= 4 is 28.7 Å². The van der Waals surface area contributed by atoms with Crippen LogP contribution in [-0.2, 0) is 0 Å². The summed E-state index contributed by atoms with van der Waals surface area (Å²) in [5.74, 6) is -1.50. The van der Waals surface area contributed by atoms with Gasteiger partial charge in [0, 0.05) is 6.20 Å². The van der Waals surface area contributed by atoms with E-state index in [1.54, 1.807) is 0 Å². The third-order valence-corrected chi connectivity index (χ3v) is 3.18. The standard InChI is InChI=1S/C13H9ClF2N4/c1-6-2-3-8(15)11(10(6)16)20-12-9(19-13(20)17)4-7(14)5-18-12/h2-5H,1H3,(H2,17,19). The molecule has 0 amide bonds. The van der Waals surface area contributed by atoms with Crippen LogP contribution in [0.4, 0.5) is 14.7 Å². The van der Waals surface area contributed by atoms with Crippen LogP contribution in [0.15, 0.2) is 24.4 Å². The lowest BCUT2D eigenvalue weighted by Crippen LogP contribution is -2.07. The number of rotatable bonds is 1. The van der Waals surface area contributed by atoms with E-state index in [0.29, 0.717) is 16.1 Å². The smallest absolute Gasteiger partial charge is 0.207 e. The lowest BCUT2D eigenvalue weighted by atomic mass is 10.2. The van der Waals surface area contributed by atoms with E-state index >= 15 is 0 Å². The maximum atomic E-state index is 14.2. The van der Waals surface area contributed by atoms with Gasteiger partial charge in [0.2, 0.25) is 5.95 Å². The molecule has 0 saturated carbocycles. The first-order valence-corrected chi connectivity index (χ1v) is 6.11. The molecule has 4 nitrogen and oxygen atoms in total. The quantitative estimate of drug-likeness (QED) is 0.749. The van der Waals surface area contributed by atoms with Crippen LogP contribution in [0.3, 0.4) is 0 Å². The van der Waals surface area contributed by atoms with Gasteiger partial charge in [-0.15, -0.1) is 0 Å². The summed E-state index contributed by atoms with van der Waals surface area (Å²) >= 11 is 5.81. The molecule has 0 radical (unpaired) electrons. The second kappa shape index (κ2) is 4.42. The summed E-state index contributed by atoms with van der Waals surface area (Å²) in [4.78, 5) is 8.07. The fourth-order valence-electron chi connectivity index (χ4n) is 2.03. The van der Waals surface area contributed by atoms with Gasteiger partial charge >= 0.3 is 0 Å². The highest BCUT2D eigenvalue weighted by atomic mass is 35.5.